The van der Waals surface area contributed by atoms with Crippen molar-refractivity contribution < 1.29 is 33.1 Å². The lowest BCUT2D eigenvalue weighted by Gasteiger charge is -2.28. The maximum absolute atomic E-state index is 12.3. The monoisotopic (exact) mass is 658 g/mol. The van der Waals surface area contributed by atoms with E-state index in [-0.39, 0.29) is 43.2 Å². The summed E-state index contributed by atoms with van der Waals surface area (Å²) in [4.78, 5) is 42.7. The minimum atomic E-state index is -3.70. The zero-order valence-corrected chi connectivity index (χ0v) is 25.0. The van der Waals surface area contributed by atoms with Crippen molar-refractivity contribution in [3.63, 3.8) is 0 Å². The molecule has 0 radical (unpaired) electrons. The highest BCUT2D eigenvalue weighted by Crippen LogP contribution is 2.58. The van der Waals surface area contributed by atoms with Gasteiger partial charge in [0.2, 0.25) is 5.95 Å². The number of aliphatic hydroxyl groups is 1. The minimum Gasteiger partial charge on any atom is -0.394 e. The van der Waals surface area contributed by atoms with E-state index in [9.17, 15) is 19.4 Å². The number of anilines is 2. The fourth-order valence-corrected chi connectivity index (χ4v) is 8.43. The Kier molecular flexibility index (Phi) is 8.08. The number of nitrogens with two attached hydrogens (primary N) is 2. The number of nitrogen functional groups attached to an aromatic ring is 2. The SMILES string of the molecule is Nc1nc2c(ncn2C2OC(CO)CC2P(O)(=S)OCC2OC(n3ccc4c(N)ncnc43)CC2O[P+](=O)S)c(=O)[nH]1. The fourth-order valence-electron chi connectivity index (χ4n) is 5.27. The van der Waals surface area contributed by atoms with Crippen LogP contribution in [0.15, 0.2) is 29.7 Å². The van der Waals surface area contributed by atoms with Crippen LogP contribution < -0.4 is 17.0 Å². The van der Waals surface area contributed by atoms with E-state index >= 15 is 0 Å². The van der Waals surface area contributed by atoms with Crippen molar-refractivity contribution in [3.05, 3.63) is 35.3 Å². The zero-order valence-electron chi connectivity index (χ0n) is 21.5. The number of nitrogens with one attached hydrogen (secondary N) is 1. The fraction of sp³-hybridized carbons (Fsp3) is 0.476. The van der Waals surface area contributed by atoms with Crippen LogP contribution in [-0.4, -0.2) is 81.2 Å². The van der Waals surface area contributed by atoms with Gasteiger partial charge in [-0.1, -0.05) is 0 Å². The number of aromatic amines is 1. The van der Waals surface area contributed by atoms with Gasteiger partial charge in [-0.2, -0.15) is 4.98 Å². The Hall–Kier alpha value is -2.57. The van der Waals surface area contributed by atoms with Gasteiger partial charge < -0.3 is 40.0 Å². The van der Waals surface area contributed by atoms with E-state index in [1.807, 2.05) is 0 Å². The van der Waals surface area contributed by atoms with E-state index < -0.39 is 55.7 Å². The zero-order chi connectivity index (χ0) is 29.8. The van der Waals surface area contributed by atoms with Crippen LogP contribution in [0.2, 0.25) is 0 Å². The summed E-state index contributed by atoms with van der Waals surface area (Å²) in [5, 5.41) is 10.5. The summed E-state index contributed by atoms with van der Waals surface area (Å²) >= 11 is 9.50. The molecule has 8 atom stereocenters. The van der Waals surface area contributed by atoms with Crippen molar-refractivity contribution in [2.75, 3.05) is 24.7 Å². The molecule has 17 nitrogen and oxygen atoms in total. The van der Waals surface area contributed by atoms with E-state index in [4.69, 9.17) is 41.8 Å². The van der Waals surface area contributed by atoms with Crippen molar-refractivity contribution in [1.82, 2.24) is 34.1 Å². The van der Waals surface area contributed by atoms with Crippen molar-refractivity contribution in [2.45, 2.75) is 49.3 Å². The van der Waals surface area contributed by atoms with Crippen LogP contribution >= 0.6 is 26.0 Å². The molecule has 0 aromatic carbocycles. The van der Waals surface area contributed by atoms with Crippen molar-refractivity contribution in [2.24, 2.45) is 0 Å². The molecule has 6 rings (SSSR count). The first-order valence-corrected chi connectivity index (χ1v) is 17.6. The van der Waals surface area contributed by atoms with Gasteiger partial charge in [0.1, 0.15) is 54.7 Å². The second kappa shape index (κ2) is 11.5. The molecule has 6 heterocycles. The minimum absolute atomic E-state index is 0.0157. The molecular formula is C21H26N9O8P2S2+. The van der Waals surface area contributed by atoms with Crippen LogP contribution in [-0.2, 0) is 34.9 Å². The lowest BCUT2D eigenvalue weighted by Crippen LogP contribution is -2.29. The van der Waals surface area contributed by atoms with Crippen molar-refractivity contribution >= 4 is 71.7 Å². The van der Waals surface area contributed by atoms with Gasteiger partial charge in [-0.3, -0.25) is 14.3 Å². The molecule has 8 unspecified atom stereocenters. The average Bonchev–Trinajstić information content (AvgIpc) is 3.71. The number of H-pyrrole nitrogens is 1. The van der Waals surface area contributed by atoms with Crippen molar-refractivity contribution in [1.29, 1.82) is 0 Å². The normalized spacial score (nSPS) is 28.0. The van der Waals surface area contributed by atoms with Gasteiger partial charge in [0.05, 0.1) is 36.7 Å². The standard InChI is InChI=1S/C21H25N9O8P2S2/c22-16-10-1-2-29(17(10)25-7-24-16)14-4-11(38-39(33)41)12(37-14)6-35-40(34,42)13-3-9(5-31)36-20(13)30-8-26-15-18(30)27-21(23)28-19(15)32/h1-2,7-9,11-14,20,31H,3-6H2,(H6-,22,23,24,25,27,28,32,33,34,41,42)/p+1. The third-order valence-electron chi connectivity index (χ3n) is 7.19. The third kappa shape index (κ3) is 5.45. The molecule has 4 aromatic rings. The van der Waals surface area contributed by atoms with Crippen LogP contribution in [0.4, 0.5) is 11.8 Å². The summed E-state index contributed by atoms with van der Waals surface area (Å²) in [7, 11) is -2.29. The molecule has 2 saturated heterocycles. The Morgan fingerprint density at radius 3 is 2.81 bits per heavy atom. The van der Waals surface area contributed by atoms with Gasteiger partial charge in [0.15, 0.2) is 17.7 Å². The topological polar surface area (TPSA) is 241 Å². The van der Waals surface area contributed by atoms with E-state index in [2.05, 4.69) is 37.2 Å². The number of nitrogens with zero attached hydrogens (tertiary/aromatic N) is 6. The number of hydrogen-bond acceptors (Lipinski definition) is 14. The lowest BCUT2D eigenvalue weighted by molar-refractivity contribution is -0.0345. The number of fused-ring (bicyclic) bond motifs is 2. The number of hydrogen-bond donors (Lipinski definition) is 6. The maximum Gasteiger partial charge on any atom is 0.582 e. The summed E-state index contributed by atoms with van der Waals surface area (Å²) in [5.74, 6) is 0.180. The molecule has 0 saturated carbocycles. The highest BCUT2D eigenvalue weighted by molar-refractivity contribution is 8.39. The van der Waals surface area contributed by atoms with Crippen molar-refractivity contribution in [3.8, 4) is 0 Å². The van der Waals surface area contributed by atoms with Crippen LogP contribution in [0.1, 0.15) is 25.3 Å². The van der Waals surface area contributed by atoms with E-state index in [0.29, 0.717) is 16.9 Å². The van der Waals surface area contributed by atoms with E-state index in [1.165, 1.54) is 17.2 Å². The quantitative estimate of drug-likeness (QED) is 0.108. The molecule has 0 aliphatic carbocycles. The van der Waals surface area contributed by atoms with Crippen LogP contribution in [0.3, 0.4) is 0 Å². The number of ether oxygens (including phenoxy) is 2. The highest BCUT2D eigenvalue weighted by Gasteiger charge is 2.48. The Bertz CT molecular complexity index is 1770. The van der Waals surface area contributed by atoms with Crippen LogP contribution in [0.5, 0.6) is 0 Å². The van der Waals surface area contributed by atoms with Gasteiger partial charge in [0, 0.05) is 12.6 Å². The molecule has 7 N–H and O–H groups in total. The summed E-state index contributed by atoms with van der Waals surface area (Å²) in [6.07, 6.45) is 1.07. The number of rotatable bonds is 9. The van der Waals surface area contributed by atoms with Gasteiger partial charge in [-0.25, -0.2) is 15.0 Å². The van der Waals surface area contributed by atoms with Gasteiger partial charge >= 0.3 is 7.23 Å². The van der Waals surface area contributed by atoms with E-state index in [0.717, 1.165) is 0 Å². The van der Waals surface area contributed by atoms with Crippen LogP contribution in [0, 0.1) is 0 Å². The molecule has 0 bridgehead atoms. The first-order valence-electron chi connectivity index (χ1n) is 12.6. The predicted molar refractivity (Wildman–Crippen MR) is 156 cm³/mol. The smallest absolute Gasteiger partial charge is 0.394 e. The Morgan fingerprint density at radius 2 is 2.05 bits per heavy atom. The number of imidazole rings is 1. The maximum atomic E-state index is 12.3. The molecule has 0 spiro atoms. The van der Waals surface area contributed by atoms with Gasteiger partial charge in [-0.05, 0) is 28.9 Å². The Balaban J connectivity index is 1.24. The largest absolute Gasteiger partial charge is 0.582 e. The highest BCUT2D eigenvalue weighted by atomic mass is 32.7. The molecule has 2 aliphatic rings. The molecule has 2 aliphatic heterocycles. The average molecular weight is 659 g/mol. The number of aromatic nitrogens is 7. The molecule has 0 amide bonds. The number of thiol groups is 1. The lowest BCUT2D eigenvalue weighted by atomic mass is 10.2. The molecule has 42 heavy (non-hydrogen) atoms. The third-order valence-corrected chi connectivity index (χ3v) is 10.9. The summed E-state index contributed by atoms with van der Waals surface area (Å²) in [5.41, 5.74) is 11.0. The molecule has 4 aromatic heterocycles. The van der Waals surface area contributed by atoms with E-state index in [1.54, 1.807) is 16.8 Å². The predicted octanol–water partition coefficient (Wildman–Crippen LogP) is 0.956. The molecular weight excluding hydrogens is 632 g/mol. The first kappa shape index (κ1) is 29.5. The summed E-state index contributed by atoms with van der Waals surface area (Å²) < 4.78 is 38.8. The van der Waals surface area contributed by atoms with Gasteiger partial charge in [-0.15, -0.1) is 4.52 Å². The van der Waals surface area contributed by atoms with Gasteiger partial charge in [0.25, 0.3) is 5.56 Å². The summed E-state index contributed by atoms with van der Waals surface area (Å²) in [6, 6.07) is 1.76. The summed E-state index contributed by atoms with van der Waals surface area (Å²) in [6.45, 7) is -4.26. The first-order chi connectivity index (χ1) is 20.1. The second-order valence-electron chi connectivity index (χ2n) is 9.74. The second-order valence-corrected chi connectivity index (χ2v) is 15.0. The Morgan fingerprint density at radius 1 is 1.24 bits per heavy atom. The molecule has 2 fully saturated rings. The Labute approximate surface area is 247 Å². The number of aliphatic hydroxyl groups excluding tert-OH is 1. The van der Waals surface area contributed by atoms with Crippen LogP contribution in [0.25, 0.3) is 22.2 Å². The molecule has 224 valence electrons. The molecule has 21 heteroatoms.